The van der Waals surface area contributed by atoms with Gasteiger partial charge < -0.3 is 10.3 Å². The molecule has 0 saturated carbocycles. The van der Waals surface area contributed by atoms with Crippen molar-refractivity contribution in [2.45, 2.75) is 0 Å². The molecule has 0 aliphatic rings. The fourth-order valence-corrected chi connectivity index (χ4v) is 1.13. The van der Waals surface area contributed by atoms with Gasteiger partial charge in [0.25, 0.3) is 0 Å². The third kappa shape index (κ3) is 1.05. The van der Waals surface area contributed by atoms with Crippen LogP contribution in [-0.2, 0) is 0 Å². The maximum absolute atomic E-state index is 5.71. The lowest BCUT2D eigenvalue weighted by Gasteiger charge is -2.03. The molecule has 2 aromatic rings. The number of pyridine rings is 1. The second-order valence-electron chi connectivity index (χ2n) is 2.51. The lowest BCUT2D eigenvalue weighted by atomic mass is 10.4. The predicted molar refractivity (Wildman–Crippen MR) is 48.0 cm³/mol. The van der Waals surface area contributed by atoms with E-state index in [1.54, 1.807) is 12.4 Å². The van der Waals surface area contributed by atoms with Crippen molar-refractivity contribution in [3.05, 3.63) is 42.9 Å². The molecular weight excluding hydrogens is 150 g/mol. The van der Waals surface area contributed by atoms with Crippen LogP contribution in [0.1, 0.15) is 0 Å². The van der Waals surface area contributed by atoms with Gasteiger partial charge in [-0.3, -0.25) is 4.98 Å². The smallest absolute Gasteiger partial charge is 0.107 e. The minimum absolute atomic E-state index is 0.725. The van der Waals surface area contributed by atoms with Crippen LogP contribution in [-0.4, -0.2) is 9.55 Å². The minimum Gasteiger partial charge on any atom is -0.385 e. The molecule has 0 spiro atoms. The lowest BCUT2D eigenvalue weighted by molar-refractivity contribution is 1.07. The van der Waals surface area contributed by atoms with Gasteiger partial charge >= 0.3 is 0 Å². The maximum atomic E-state index is 5.71. The molecule has 0 saturated heterocycles. The summed E-state index contributed by atoms with van der Waals surface area (Å²) in [6, 6.07) is 7.60. The first-order valence-corrected chi connectivity index (χ1v) is 3.71. The van der Waals surface area contributed by atoms with Gasteiger partial charge in [0.1, 0.15) is 5.82 Å². The quantitative estimate of drug-likeness (QED) is 0.684. The fourth-order valence-electron chi connectivity index (χ4n) is 1.13. The van der Waals surface area contributed by atoms with E-state index in [4.69, 9.17) is 5.73 Å². The predicted octanol–water partition coefficient (Wildman–Crippen LogP) is 1.45. The third-order valence-corrected chi connectivity index (χ3v) is 1.70. The van der Waals surface area contributed by atoms with E-state index >= 15 is 0 Å². The minimum atomic E-state index is 0.725. The molecule has 2 aromatic heterocycles. The Hall–Kier alpha value is -1.77. The summed E-state index contributed by atoms with van der Waals surface area (Å²) in [6.07, 6.45) is 5.42. The van der Waals surface area contributed by atoms with Crippen molar-refractivity contribution in [3.63, 3.8) is 0 Å². The molecule has 0 amide bonds. The van der Waals surface area contributed by atoms with Crippen LogP contribution < -0.4 is 5.73 Å². The molecule has 3 heteroatoms. The van der Waals surface area contributed by atoms with Crippen LogP contribution in [0.3, 0.4) is 0 Å². The van der Waals surface area contributed by atoms with E-state index in [0.29, 0.717) is 0 Å². The second-order valence-corrected chi connectivity index (χ2v) is 2.51. The molecule has 0 atom stereocenters. The van der Waals surface area contributed by atoms with Gasteiger partial charge in [-0.1, -0.05) is 0 Å². The standard InChI is InChI=1S/C9H9N3/c10-9-4-2-6-12(9)8-3-1-5-11-7-8/h1-7H,10H2. The molecule has 0 bridgehead atoms. The zero-order chi connectivity index (χ0) is 8.39. The summed E-state index contributed by atoms with van der Waals surface area (Å²) >= 11 is 0. The van der Waals surface area contributed by atoms with Crippen molar-refractivity contribution >= 4 is 5.82 Å². The van der Waals surface area contributed by atoms with Crippen LogP contribution in [0.5, 0.6) is 0 Å². The Labute approximate surface area is 70.5 Å². The van der Waals surface area contributed by atoms with E-state index in [1.807, 2.05) is 35.0 Å². The Bertz CT molecular complexity index is 364. The van der Waals surface area contributed by atoms with E-state index in [2.05, 4.69) is 4.98 Å². The number of anilines is 1. The topological polar surface area (TPSA) is 43.8 Å². The van der Waals surface area contributed by atoms with Crippen LogP contribution in [0.2, 0.25) is 0 Å². The molecule has 2 rings (SSSR count). The molecule has 3 nitrogen and oxygen atoms in total. The van der Waals surface area contributed by atoms with Crippen molar-refractivity contribution in [1.82, 2.24) is 9.55 Å². The Morgan fingerprint density at radius 2 is 2.17 bits per heavy atom. The molecular formula is C9H9N3. The highest BCUT2D eigenvalue weighted by Gasteiger charge is 1.96. The van der Waals surface area contributed by atoms with Gasteiger partial charge in [-0.05, 0) is 24.3 Å². The van der Waals surface area contributed by atoms with Gasteiger partial charge in [-0.2, -0.15) is 0 Å². The number of hydrogen-bond acceptors (Lipinski definition) is 2. The first kappa shape index (κ1) is 6.91. The Morgan fingerprint density at radius 3 is 2.75 bits per heavy atom. The molecule has 60 valence electrons. The van der Waals surface area contributed by atoms with Crippen LogP contribution in [0.4, 0.5) is 5.82 Å². The molecule has 0 aliphatic carbocycles. The van der Waals surface area contributed by atoms with E-state index in [1.165, 1.54) is 0 Å². The average Bonchev–Trinajstić information content (AvgIpc) is 2.53. The SMILES string of the molecule is Nc1cccn1-c1cccnc1. The number of hydrogen-bond donors (Lipinski definition) is 1. The summed E-state index contributed by atoms with van der Waals surface area (Å²) in [5.41, 5.74) is 6.69. The van der Waals surface area contributed by atoms with E-state index in [9.17, 15) is 0 Å². The van der Waals surface area contributed by atoms with Crippen molar-refractivity contribution in [2.75, 3.05) is 5.73 Å². The Kier molecular flexibility index (Phi) is 1.55. The monoisotopic (exact) mass is 159 g/mol. The van der Waals surface area contributed by atoms with Crippen LogP contribution >= 0.6 is 0 Å². The number of nitrogens with zero attached hydrogens (tertiary/aromatic N) is 2. The normalized spacial score (nSPS) is 10.0. The molecule has 0 radical (unpaired) electrons. The van der Waals surface area contributed by atoms with Gasteiger partial charge in [0, 0.05) is 12.4 Å². The second kappa shape index (κ2) is 2.70. The molecule has 2 heterocycles. The van der Waals surface area contributed by atoms with Gasteiger partial charge in [0.2, 0.25) is 0 Å². The average molecular weight is 159 g/mol. The lowest BCUT2D eigenvalue weighted by Crippen LogP contribution is -1.97. The van der Waals surface area contributed by atoms with Crippen LogP contribution in [0, 0.1) is 0 Å². The van der Waals surface area contributed by atoms with Crippen molar-refractivity contribution in [1.29, 1.82) is 0 Å². The molecule has 0 unspecified atom stereocenters. The van der Waals surface area contributed by atoms with Gasteiger partial charge in [0.05, 0.1) is 11.9 Å². The van der Waals surface area contributed by atoms with Crippen LogP contribution in [0.15, 0.2) is 42.9 Å². The highest BCUT2D eigenvalue weighted by atomic mass is 15.0. The van der Waals surface area contributed by atoms with Gasteiger partial charge in [-0.15, -0.1) is 0 Å². The first-order valence-electron chi connectivity index (χ1n) is 3.71. The zero-order valence-corrected chi connectivity index (χ0v) is 6.51. The summed E-state index contributed by atoms with van der Waals surface area (Å²) in [6.45, 7) is 0. The molecule has 0 fully saturated rings. The van der Waals surface area contributed by atoms with E-state index in [-0.39, 0.29) is 0 Å². The Balaban J connectivity index is 2.51. The number of rotatable bonds is 1. The van der Waals surface area contributed by atoms with Crippen LogP contribution in [0.25, 0.3) is 5.69 Å². The number of nitrogens with two attached hydrogens (primary N) is 1. The van der Waals surface area contributed by atoms with Crippen molar-refractivity contribution in [3.8, 4) is 5.69 Å². The van der Waals surface area contributed by atoms with E-state index in [0.717, 1.165) is 11.5 Å². The third-order valence-electron chi connectivity index (χ3n) is 1.70. The largest absolute Gasteiger partial charge is 0.385 e. The highest BCUT2D eigenvalue weighted by molar-refractivity contribution is 5.42. The fraction of sp³-hybridized carbons (Fsp3) is 0. The summed E-state index contributed by atoms with van der Waals surface area (Å²) in [7, 11) is 0. The van der Waals surface area contributed by atoms with Crippen molar-refractivity contribution < 1.29 is 0 Å². The molecule has 0 aromatic carbocycles. The summed E-state index contributed by atoms with van der Waals surface area (Å²) in [5.74, 6) is 0.725. The number of nitrogen functional groups attached to an aromatic ring is 1. The number of aromatic nitrogens is 2. The zero-order valence-electron chi connectivity index (χ0n) is 6.51. The summed E-state index contributed by atoms with van der Waals surface area (Å²) in [4.78, 5) is 4.01. The summed E-state index contributed by atoms with van der Waals surface area (Å²) < 4.78 is 1.88. The van der Waals surface area contributed by atoms with E-state index < -0.39 is 0 Å². The molecule has 2 N–H and O–H groups in total. The molecule has 0 aliphatic heterocycles. The molecule has 12 heavy (non-hydrogen) atoms. The first-order chi connectivity index (χ1) is 5.88. The van der Waals surface area contributed by atoms with Crippen molar-refractivity contribution in [2.24, 2.45) is 0 Å². The summed E-state index contributed by atoms with van der Waals surface area (Å²) in [5, 5.41) is 0. The maximum Gasteiger partial charge on any atom is 0.107 e. The van der Waals surface area contributed by atoms with Gasteiger partial charge in [-0.25, -0.2) is 0 Å². The Morgan fingerprint density at radius 1 is 1.25 bits per heavy atom. The van der Waals surface area contributed by atoms with Gasteiger partial charge in [0.15, 0.2) is 0 Å². The highest BCUT2D eigenvalue weighted by Crippen LogP contribution is 2.11.